The van der Waals surface area contributed by atoms with Gasteiger partial charge >= 0.3 is 0 Å². The highest BCUT2D eigenvalue weighted by Gasteiger charge is 2.25. The summed E-state index contributed by atoms with van der Waals surface area (Å²) in [6, 6.07) is 4.52. The van der Waals surface area contributed by atoms with Crippen molar-refractivity contribution in [2.75, 3.05) is 26.2 Å². The predicted molar refractivity (Wildman–Crippen MR) is 92.4 cm³/mol. The van der Waals surface area contributed by atoms with E-state index in [9.17, 15) is 4.79 Å². The molecule has 122 valence electrons. The summed E-state index contributed by atoms with van der Waals surface area (Å²) < 4.78 is 0. The highest BCUT2D eigenvalue weighted by Crippen LogP contribution is 2.11. The minimum Gasteiger partial charge on any atom is -0.357 e. The molecule has 1 aromatic heterocycles. The van der Waals surface area contributed by atoms with Crippen molar-refractivity contribution in [1.29, 1.82) is 0 Å². The summed E-state index contributed by atoms with van der Waals surface area (Å²) in [6.07, 6.45) is 2.54. The van der Waals surface area contributed by atoms with Crippen LogP contribution in [0, 0.1) is 0 Å². The maximum absolute atomic E-state index is 11.7. The van der Waals surface area contributed by atoms with Gasteiger partial charge in [0.25, 0.3) is 0 Å². The van der Waals surface area contributed by atoms with Gasteiger partial charge in [0.1, 0.15) is 0 Å². The molecular weight excluding hydrogens is 296 g/mol. The Bertz CT molecular complexity index is 486. The van der Waals surface area contributed by atoms with E-state index in [0.29, 0.717) is 12.5 Å². The second kappa shape index (κ2) is 8.78. The summed E-state index contributed by atoms with van der Waals surface area (Å²) in [4.78, 5) is 19.7. The highest BCUT2D eigenvalue weighted by molar-refractivity contribution is 7.09. The van der Waals surface area contributed by atoms with Crippen LogP contribution in [0.15, 0.2) is 22.5 Å². The zero-order valence-corrected chi connectivity index (χ0v) is 14.3. The monoisotopic (exact) mass is 322 g/mol. The number of hydrogen-bond acceptors (Lipinski definition) is 3. The van der Waals surface area contributed by atoms with E-state index in [1.807, 2.05) is 11.8 Å². The van der Waals surface area contributed by atoms with Gasteiger partial charge in [-0.1, -0.05) is 13.0 Å². The molecular formula is C16H26N4OS. The van der Waals surface area contributed by atoms with Gasteiger partial charge in [0.05, 0.1) is 0 Å². The standard InChI is InChI=1S/C16H26N4OS/c1-3-15(21)20-10-8-13(12-20)19-16(17-4-2)18-9-7-14-6-5-11-22-14/h5-6,11,13H,3-4,7-10,12H2,1-2H3,(H2,17,18,19). The summed E-state index contributed by atoms with van der Waals surface area (Å²) in [6.45, 7) is 7.23. The van der Waals surface area contributed by atoms with Crippen LogP contribution in [-0.4, -0.2) is 49.0 Å². The molecule has 2 N–H and O–H groups in total. The average molecular weight is 322 g/mol. The van der Waals surface area contributed by atoms with Crippen LogP contribution in [0.5, 0.6) is 0 Å². The minimum absolute atomic E-state index is 0.240. The first kappa shape index (κ1) is 16.8. The number of nitrogens with zero attached hydrogens (tertiary/aromatic N) is 2. The van der Waals surface area contributed by atoms with Crippen LogP contribution in [0.4, 0.5) is 0 Å². The van der Waals surface area contributed by atoms with Crippen LogP contribution in [0.1, 0.15) is 31.6 Å². The molecule has 5 nitrogen and oxygen atoms in total. The largest absolute Gasteiger partial charge is 0.357 e. The average Bonchev–Trinajstić information content (AvgIpc) is 3.18. The van der Waals surface area contributed by atoms with E-state index in [1.54, 1.807) is 11.3 Å². The van der Waals surface area contributed by atoms with Crippen molar-refractivity contribution in [1.82, 2.24) is 15.5 Å². The van der Waals surface area contributed by atoms with Crippen molar-refractivity contribution in [3.05, 3.63) is 22.4 Å². The van der Waals surface area contributed by atoms with Crippen molar-refractivity contribution in [3.8, 4) is 0 Å². The fourth-order valence-corrected chi connectivity index (χ4v) is 3.27. The van der Waals surface area contributed by atoms with Crippen LogP contribution in [0.3, 0.4) is 0 Å². The van der Waals surface area contributed by atoms with Gasteiger partial charge in [-0.05, 0) is 24.8 Å². The van der Waals surface area contributed by atoms with Crippen molar-refractivity contribution < 1.29 is 4.79 Å². The first-order valence-electron chi connectivity index (χ1n) is 8.08. The molecule has 1 aromatic rings. The van der Waals surface area contributed by atoms with E-state index < -0.39 is 0 Å². The zero-order chi connectivity index (χ0) is 15.8. The zero-order valence-electron chi connectivity index (χ0n) is 13.5. The van der Waals surface area contributed by atoms with Crippen LogP contribution in [0.25, 0.3) is 0 Å². The molecule has 0 radical (unpaired) electrons. The molecule has 2 rings (SSSR count). The molecule has 1 aliphatic heterocycles. The molecule has 1 saturated heterocycles. The number of hydrogen-bond donors (Lipinski definition) is 2. The molecule has 2 heterocycles. The molecule has 0 spiro atoms. The van der Waals surface area contributed by atoms with Gasteiger partial charge in [-0.25, -0.2) is 0 Å². The third-order valence-electron chi connectivity index (χ3n) is 3.74. The van der Waals surface area contributed by atoms with Gasteiger partial charge in [-0.3, -0.25) is 9.79 Å². The van der Waals surface area contributed by atoms with E-state index in [-0.39, 0.29) is 5.91 Å². The van der Waals surface area contributed by atoms with E-state index >= 15 is 0 Å². The molecule has 1 atom stereocenters. The van der Waals surface area contributed by atoms with Gasteiger partial charge in [-0.15, -0.1) is 11.3 Å². The van der Waals surface area contributed by atoms with Gasteiger partial charge in [0.15, 0.2) is 5.96 Å². The molecule has 6 heteroatoms. The lowest BCUT2D eigenvalue weighted by Gasteiger charge is -2.18. The third-order valence-corrected chi connectivity index (χ3v) is 4.67. The van der Waals surface area contributed by atoms with Crippen LogP contribution in [-0.2, 0) is 11.2 Å². The van der Waals surface area contributed by atoms with E-state index in [4.69, 9.17) is 0 Å². The Balaban J connectivity index is 1.82. The maximum atomic E-state index is 11.7. The second-order valence-electron chi connectivity index (χ2n) is 5.41. The van der Waals surface area contributed by atoms with Crippen molar-refractivity contribution in [2.24, 2.45) is 4.99 Å². The number of aliphatic imine (C=N–C) groups is 1. The normalized spacial score (nSPS) is 18.5. The molecule has 0 saturated carbocycles. The lowest BCUT2D eigenvalue weighted by Crippen LogP contribution is -2.45. The Morgan fingerprint density at radius 2 is 2.36 bits per heavy atom. The summed E-state index contributed by atoms with van der Waals surface area (Å²) >= 11 is 1.77. The van der Waals surface area contributed by atoms with Crippen molar-refractivity contribution >= 4 is 23.2 Å². The fourth-order valence-electron chi connectivity index (χ4n) is 2.57. The Morgan fingerprint density at radius 1 is 1.50 bits per heavy atom. The van der Waals surface area contributed by atoms with E-state index in [1.165, 1.54) is 4.88 Å². The minimum atomic E-state index is 0.240. The summed E-state index contributed by atoms with van der Waals surface area (Å²) in [7, 11) is 0. The smallest absolute Gasteiger partial charge is 0.222 e. The quantitative estimate of drug-likeness (QED) is 0.621. The first-order chi connectivity index (χ1) is 10.7. The predicted octanol–water partition coefficient (Wildman–Crippen LogP) is 1.86. The summed E-state index contributed by atoms with van der Waals surface area (Å²) in [5.74, 6) is 1.10. The Labute approximate surface area is 136 Å². The number of rotatable bonds is 6. The second-order valence-corrected chi connectivity index (χ2v) is 6.45. The Hall–Kier alpha value is -1.56. The number of guanidine groups is 1. The maximum Gasteiger partial charge on any atom is 0.222 e. The molecule has 0 aromatic carbocycles. The number of nitrogens with one attached hydrogen (secondary N) is 2. The molecule has 22 heavy (non-hydrogen) atoms. The van der Waals surface area contributed by atoms with Crippen LogP contribution >= 0.6 is 11.3 Å². The lowest BCUT2D eigenvalue weighted by atomic mass is 10.3. The molecule has 1 fully saturated rings. The highest BCUT2D eigenvalue weighted by atomic mass is 32.1. The third kappa shape index (κ3) is 5.02. The lowest BCUT2D eigenvalue weighted by molar-refractivity contribution is -0.129. The van der Waals surface area contributed by atoms with Crippen LogP contribution in [0.2, 0.25) is 0 Å². The molecule has 0 bridgehead atoms. The number of amides is 1. The fraction of sp³-hybridized carbons (Fsp3) is 0.625. The van der Waals surface area contributed by atoms with Gasteiger partial charge < -0.3 is 15.5 Å². The SMILES string of the molecule is CCNC(=NCCc1cccs1)NC1CCN(C(=O)CC)C1. The summed E-state index contributed by atoms with van der Waals surface area (Å²) in [5, 5.41) is 8.84. The number of carbonyl (C=O) groups excluding carboxylic acids is 1. The number of carbonyl (C=O) groups is 1. The van der Waals surface area contributed by atoms with Crippen molar-refractivity contribution in [2.45, 2.75) is 39.2 Å². The number of likely N-dealkylation sites (tertiary alicyclic amines) is 1. The Morgan fingerprint density at radius 3 is 3.05 bits per heavy atom. The van der Waals surface area contributed by atoms with E-state index in [0.717, 1.165) is 45.0 Å². The molecule has 1 amide bonds. The Kier molecular flexibility index (Phi) is 6.71. The van der Waals surface area contributed by atoms with Gasteiger partial charge in [0.2, 0.25) is 5.91 Å². The van der Waals surface area contributed by atoms with Crippen LogP contribution < -0.4 is 10.6 Å². The van der Waals surface area contributed by atoms with Crippen molar-refractivity contribution in [3.63, 3.8) is 0 Å². The first-order valence-corrected chi connectivity index (χ1v) is 8.95. The van der Waals surface area contributed by atoms with E-state index in [2.05, 4.69) is 40.1 Å². The molecule has 1 unspecified atom stereocenters. The van der Waals surface area contributed by atoms with Gasteiger partial charge in [0, 0.05) is 49.9 Å². The van der Waals surface area contributed by atoms with Gasteiger partial charge in [-0.2, -0.15) is 0 Å². The molecule has 0 aliphatic carbocycles. The molecule has 1 aliphatic rings. The summed E-state index contributed by atoms with van der Waals surface area (Å²) in [5.41, 5.74) is 0. The number of thiophene rings is 1. The topological polar surface area (TPSA) is 56.7 Å².